The second-order valence-electron chi connectivity index (χ2n) is 4.45. The highest BCUT2D eigenvalue weighted by atomic mass is 35.5. The second-order valence-corrected chi connectivity index (χ2v) is 6.46. The molecule has 104 valence electrons. The average molecular weight is 310 g/mol. The van der Waals surface area contributed by atoms with Gasteiger partial charge < -0.3 is 0 Å². The van der Waals surface area contributed by atoms with Crippen molar-refractivity contribution in [3.05, 3.63) is 52.6 Å². The Morgan fingerprint density at radius 2 is 1.65 bits per heavy atom. The van der Waals surface area contributed by atoms with Crippen molar-refractivity contribution in [2.24, 2.45) is 4.40 Å². The van der Waals surface area contributed by atoms with Crippen molar-refractivity contribution >= 4 is 33.1 Å². The minimum Gasteiger partial charge on any atom is -0.288 e. The van der Waals surface area contributed by atoms with Crippen LogP contribution in [0.2, 0.25) is 0 Å². The fourth-order valence-electron chi connectivity index (χ4n) is 1.64. The molecule has 0 bridgehead atoms. The van der Waals surface area contributed by atoms with Gasteiger partial charge in [0, 0.05) is 0 Å². The lowest BCUT2D eigenvalue weighted by Crippen LogP contribution is -2.11. The standard InChI is InChI=1S/C14H12ClNO3S/c1-9-3-5-11(6-4-9)20(18,19)16-13-8-12(15)14(17)7-10(13)2/h3-8H,1-2H3. The zero-order valence-electron chi connectivity index (χ0n) is 10.9. The summed E-state index contributed by atoms with van der Waals surface area (Å²) in [5.74, 6) is -0.351. The second kappa shape index (κ2) is 5.34. The van der Waals surface area contributed by atoms with E-state index in [2.05, 4.69) is 4.40 Å². The van der Waals surface area contributed by atoms with E-state index in [-0.39, 0.29) is 21.4 Å². The summed E-state index contributed by atoms with van der Waals surface area (Å²) in [5, 5.41) is -0.0477. The lowest BCUT2D eigenvalue weighted by molar-refractivity contribution is -0.110. The van der Waals surface area contributed by atoms with E-state index in [1.165, 1.54) is 24.3 Å². The first-order chi connectivity index (χ1) is 9.29. The molecule has 6 heteroatoms. The van der Waals surface area contributed by atoms with Crippen molar-refractivity contribution in [1.29, 1.82) is 0 Å². The molecule has 0 fully saturated rings. The van der Waals surface area contributed by atoms with Gasteiger partial charge in [0.1, 0.15) is 0 Å². The molecule has 4 nitrogen and oxygen atoms in total. The third-order valence-corrected chi connectivity index (χ3v) is 4.39. The van der Waals surface area contributed by atoms with Crippen molar-refractivity contribution in [3.63, 3.8) is 0 Å². The first kappa shape index (κ1) is 14.7. The van der Waals surface area contributed by atoms with Crippen molar-refractivity contribution in [3.8, 4) is 0 Å². The van der Waals surface area contributed by atoms with Gasteiger partial charge >= 0.3 is 0 Å². The number of benzene rings is 1. The van der Waals surface area contributed by atoms with Gasteiger partial charge in [0.25, 0.3) is 10.0 Å². The number of hydrogen-bond acceptors (Lipinski definition) is 3. The van der Waals surface area contributed by atoms with E-state index in [0.29, 0.717) is 5.57 Å². The van der Waals surface area contributed by atoms with E-state index in [4.69, 9.17) is 11.6 Å². The summed E-state index contributed by atoms with van der Waals surface area (Å²) in [6.07, 6.45) is 2.54. The first-order valence-corrected chi connectivity index (χ1v) is 7.63. The predicted molar refractivity (Wildman–Crippen MR) is 78.5 cm³/mol. The van der Waals surface area contributed by atoms with Crippen molar-refractivity contribution in [2.45, 2.75) is 18.7 Å². The van der Waals surface area contributed by atoms with Crippen LogP contribution in [0, 0.1) is 6.92 Å². The topological polar surface area (TPSA) is 63.6 Å². The first-order valence-electron chi connectivity index (χ1n) is 5.81. The molecule has 1 aromatic rings. The van der Waals surface area contributed by atoms with Crippen LogP contribution in [0.3, 0.4) is 0 Å². The van der Waals surface area contributed by atoms with E-state index in [1.54, 1.807) is 19.1 Å². The lowest BCUT2D eigenvalue weighted by Gasteiger charge is -2.08. The Labute approximate surface area is 122 Å². The number of aryl methyl sites for hydroxylation is 1. The maximum absolute atomic E-state index is 12.2. The van der Waals surface area contributed by atoms with Crippen LogP contribution in [-0.4, -0.2) is 19.9 Å². The number of carbonyl (C=O) groups is 1. The van der Waals surface area contributed by atoms with Gasteiger partial charge in [-0.2, -0.15) is 12.8 Å². The monoisotopic (exact) mass is 309 g/mol. The average Bonchev–Trinajstić information content (AvgIpc) is 2.36. The molecule has 0 amide bonds. The van der Waals surface area contributed by atoms with Gasteiger partial charge in [-0.3, -0.25) is 4.79 Å². The number of carbonyl (C=O) groups excluding carboxylic acids is 1. The number of hydrogen-bond donors (Lipinski definition) is 0. The van der Waals surface area contributed by atoms with Crippen LogP contribution in [-0.2, 0) is 14.8 Å². The Morgan fingerprint density at radius 1 is 1.05 bits per heavy atom. The van der Waals surface area contributed by atoms with E-state index in [1.807, 2.05) is 6.92 Å². The number of ketones is 1. The molecule has 0 unspecified atom stereocenters. The number of allylic oxidation sites excluding steroid dienone is 4. The molecule has 1 aliphatic carbocycles. The molecule has 0 radical (unpaired) electrons. The molecule has 1 aliphatic rings. The fraction of sp³-hybridized carbons (Fsp3) is 0.143. The summed E-state index contributed by atoms with van der Waals surface area (Å²) in [7, 11) is -3.82. The van der Waals surface area contributed by atoms with Crippen molar-refractivity contribution in [2.75, 3.05) is 0 Å². The van der Waals surface area contributed by atoms with Gasteiger partial charge in [-0.05, 0) is 43.7 Å². The van der Waals surface area contributed by atoms with Gasteiger partial charge in [-0.15, -0.1) is 0 Å². The van der Waals surface area contributed by atoms with Crippen LogP contribution >= 0.6 is 11.6 Å². The molecule has 0 heterocycles. The minimum atomic E-state index is -3.82. The smallest absolute Gasteiger partial charge is 0.282 e. The lowest BCUT2D eigenvalue weighted by atomic mass is 10.1. The molecular formula is C14H12ClNO3S. The van der Waals surface area contributed by atoms with Crippen molar-refractivity contribution < 1.29 is 13.2 Å². The summed E-state index contributed by atoms with van der Waals surface area (Å²) in [5.41, 5.74) is 1.60. The Kier molecular flexibility index (Phi) is 3.92. The third-order valence-electron chi connectivity index (χ3n) is 2.79. The molecule has 0 aromatic heterocycles. The molecule has 0 spiro atoms. The Hall–Kier alpha value is -1.72. The van der Waals surface area contributed by atoms with Gasteiger partial charge in [-0.25, -0.2) is 0 Å². The Morgan fingerprint density at radius 3 is 2.25 bits per heavy atom. The van der Waals surface area contributed by atoms with E-state index >= 15 is 0 Å². The van der Waals surface area contributed by atoms with Gasteiger partial charge in [0.2, 0.25) is 0 Å². The highest BCUT2D eigenvalue weighted by Gasteiger charge is 2.19. The van der Waals surface area contributed by atoms with Crippen LogP contribution in [0.5, 0.6) is 0 Å². The number of halogens is 1. The number of nitrogens with zero attached hydrogens (tertiary/aromatic N) is 1. The van der Waals surface area contributed by atoms with Gasteiger partial charge in [0.05, 0.1) is 15.6 Å². The maximum Gasteiger partial charge on any atom is 0.282 e. The molecule has 2 rings (SSSR count). The Bertz CT molecular complexity index is 756. The summed E-state index contributed by atoms with van der Waals surface area (Å²) < 4.78 is 28.1. The number of sulfonamides is 1. The molecular weight excluding hydrogens is 298 g/mol. The minimum absolute atomic E-state index is 0.0477. The van der Waals surface area contributed by atoms with Gasteiger partial charge in [0.15, 0.2) is 5.78 Å². The van der Waals surface area contributed by atoms with Crippen LogP contribution in [0.4, 0.5) is 0 Å². The van der Waals surface area contributed by atoms with Crippen LogP contribution in [0.1, 0.15) is 12.5 Å². The summed E-state index contributed by atoms with van der Waals surface area (Å²) >= 11 is 5.71. The van der Waals surface area contributed by atoms with E-state index in [9.17, 15) is 13.2 Å². The quantitative estimate of drug-likeness (QED) is 0.789. The fourth-order valence-corrected chi connectivity index (χ4v) is 2.83. The SMILES string of the molecule is CC1=CC(=O)C(Cl)=CC1=NS(=O)(=O)c1ccc(C)cc1. The largest absolute Gasteiger partial charge is 0.288 e. The van der Waals surface area contributed by atoms with Crippen LogP contribution in [0.15, 0.2) is 56.3 Å². The molecule has 0 saturated carbocycles. The summed E-state index contributed by atoms with van der Waals surface area (Å²) in [6, 6.07) is 6.38. The van der Waals surface area contributed by atoms with E-state index < -0.39 is 10.0 Å². The summed E-state index contributed by atoms with van der Waals surface area (Å²) in [6.45, 7) is 3.48. The highest BCUT2D eigenvalue weighted by Crippen LogP contribution is 2.19. The maximum atomic E-state index is 12.2. The number of rotatable bonds is 2. The molecule has 0 aliphatic heterocycles. The van der Waals surface area contributed by atoms with Crippen molar-refractivity contribution in [1.82, 2.24) is 0 Å². The van der Waals surface area contributed by atoms with Gasteiger partial charge in [-0.1, -0.05) is 29.3 Å². The van der Waals surface area contributed by atoms with E-state index in [0.717, 1.165) is 5.56 Å². The summed E-state index contributed by atoms with van der Waals surface area (Å²) in [4.78, 5) is 11.4. The normalized spacial score (nSPS) is 17.9. The van der Waals surface area contributed by atoms with Crippen LogP contribution < -0.4 is 0 Å². The van der Waals surface area contributed by atoms with Crippen LogP contribution in [0.25, 0.3) is 0 Å². The highest BCUT2D eigenvalue weighted by molar-refractivity contribution is 7.90. The molecule has 0 atom stereocenters. The molecule has 20 heavy (non-hydrogen) atoms. The molecule has 1 aromatic carbocycles. The zero-order valence-corrected chi connectivity index (χ0v) is 12.5. The third kappa shape index (κ3) is 3.05. The molecule has 0 saturated heterocycles. The zero-order chi connectivity index (χ0) is 14.9. The molecule has 0 N–H and O–H groups in total. The predicted octanol–water partition coefficient (Wildman–Crippen LogP) is 2.78. The Balaban J connectivity index is 2.46.